The largest absolute Gasteiger partial charge is 0.459 e. The standard InChI is InChI=1S/C20H14F2N2O3S/c21-13-5-8-16(15(22)10-13)24-18(25)11-28-20(24)12-3-6-14(7-4-12)23-19(26)17-2-1-9-27-17/h1-10,20H,11H2,(H,23,26)/t20-/m1/s1. The van der Waals surface area contributed by atoms with Gasteiger partial charge in [0.15, 0.2) is 5.76 Å². The third kappa shape index (κ3) is 3.50. The van der Waals surface area contributed by atoms with E-state index in [4.69, 9.17) is 4.42 Å². The SMILES string of the molecule is O=C(Nc1ccc([C@H]2SCC(=O)N2c2ccc(F)cc2F)cc1)c1ccco1. The fourth-order valence-electron chi connectivity index (χ4n) is 2.94. The summed E-state index contributed by atoms with van der Waals surface area (Å²) in [6.07, 6.45) is 1.41. The van der Waals surface area contributed by atoms with E-state index in [1.165, 1.54) is 29.0 Å². The molecule has 0 radical (unpaired) electrons. The van der Waals surface area contributed by atoms with E-state index in [0.29, 0.717) is 5.69 Å². The lowest BCUT2D eigenvalue weighted by atomic mass is 10.1. The zero-order chi connectivity index (χ0) is 19.7. The summed E-state index contributed by atoms with van der Waals surface area (Å²) >= 11 is 1.35. The Morgan fingerprint density at radius 3 is 2.61 bits per heavy atom. The number of anilines is 2. The number of carbonyl (C=O) groups is 2. The minimum Gasteiger partial charge on any atom is -0.459 e. The van der Waals surface area contributed by atoms with Gasteiger partial charge in [-0.15, -0.1) is 11.8 Å². The molecule has 1 aliphatic rings. The van der Waals surface area contributed by atoms with Gasteiger partial charge in [0, 0.05) is 11.8 Å². The van der Waals surface area contributed by atoms with Crippen molar-refractivity contribution in [3.63, 3.8) is 0 Å². The average Bonchev–Trinajstić information content (AvgIpc) is 3.33. The number of benzene rings is 2. The minimum absolute atomic E-state index is 0.0385. The van der Waals surface area contributed by atoms with Gasteiger partial charge in [0.25, 0.3) is 5.91 Å². The molecule has 5 nitrogen and oxygen atoms in total. The predicted molar refractivity (Wildman–Crippen MR) is 102 cm³/mol. The number of thioether (sulfide) groups is 1. The van der Waals surface area contributed by atoms with Gasteiger partial charge in [-0.05, 0) is 42.0 Å². The quantitative estimate of drug-likeness (QED) is 0.696. The molecule has 0 saturated carbocycles. The maximum Gasteiger partial charge on any atom is 0.291 e. The third-order valence-corrected chi connectivity index (χ3v) is 5.45. The normalized spacial score (nSPS) is 16.4. The van der Waals surface area contributed by atoms with Gasteiger partial charge >= 0.3 is 0 Å². The summed E-state index contributed by atoms with van der Waals surface area (Å²) < 4.78 is 32.5. The lowest BCUT2D eigenvalue weighted by Crippen LogP contribution is -2.28. The van der Waals surface area contributed by atoms with Crippen LogP contribution in [-0.4, -0.2) is 17.6 Å². The van der Waals surface area contributed by atoms with Crippen LogP contribution in [0.1, 0.15) is 21.5 Å². The van der Waals surface area contributed by atoms with Crippen LogP contribution < -0.4 is 10.2 Å². The van der Waals surface area contributed by atoms with Crippen molar-refractivity contribution < 1.29 is 22.8 Å². The molecule has 2 aromatic carbocycles. The van der Waals surface area contributed by atoms with Crippen LogP contribution in [0.15, 0.2) is 65.3 Å². The summed E-state index contributed by atoms with van der Waals surface area (Å²) in [4.78, 5) is 25.7. The first-order valence-electron chi connectivity index (χ1n) is 8.36. The van der Waals surface area contributed by atoms with Crippen molar-refractivity contribution in [2.45, 2.75) is 5.37 Å². The van der Waals surface area contributed by atoms with Crippen molar-refractivity contribution in [3.05, 3.63) is 83.8 Å². The number of amides is 2. The highest BCUT2D eigenvalue weighted by Crippen LogP contribution is 2.42. The monoisotopic (exact) mass is 400 g/mol. The number of rotatable bonds is 4. The highest BCUT2D eigenvalue weighted by molar-refractivity contribution is 8.00. The van der Waals surface area contributed by atoms with E-state index in [2.05, 4.69) is 5.32 Å². The second kappa shape index (κ2) is 7.47. The van der Waals surface area contributed by atoms with Gasteiger partial charge in [0.05, 0.1) is 17.7 Å². The molecule has 1 aromatic heterocycles. The molecular weight excluding hydrogens is 386 g/mol. The lowest BCUT2D eigenvalue weighted by molar-refractivity contribution is -0.115. The van der Waals surface area contributed by atoms with Crippen molar-refractivity contribution in [2.75, 3.05) is 16.0 Å². The van der Waals surface area contributed by atoms with Crippen LogP contribution in [0.25, 0.3) is 0 Å². The molecule has 4 rings (SSSR count). The number of furan rings is 1. The molecule has 0 aliphatic carbocycles. The molecule has 0 bridgehead atoms. The van der Waals surface area contributed by atoms with E-state index in [0.717, 1.165) is 17.7 Å². The summed E-state index contributed by atoms with van der Waals surface area (Å²) in [5, 5.41) is 2.27. The lowest BCUT2D eigenvalue weighted by Gasteiger charge is -2.25. The van der Waals surface area contributed by atoms with Crippen LogP contribution in [0, 0.1) is 11.6 Å². The molecule has 142 valence electrons. The zero-order valence-electron chi connectivity index (χ0n) is 14.4. The minimum atomic E-state index is -0.789. The predicted octanol–water partition coefficient (Wildman–Crippen LogP) is 4.59. The van der Waals surface area contributed by atoms with Gasteiger partial charge in [0.2, 0.25) is 5.91 Å². The second-order valence-electron chi connectivity index (χ2n) is 6.08. The molecule has 28 heavy (non-hydrogen) atoms. The number of carbonyl (C=O) groups excluding carboxylic acids is 2. The summed E-state index contributed by atoms with van der Waals surface area (Å²) in [5.41, 5.74) is 1.35. The summed E-state index contributed by atoms with van der Waals surface area (Å²) in [6.45, 7) is 0. The van der Waals surface area contributed by atoms with Gasteiger partial charge in [-0.1, -0.05) is 12.1 Å². The number of nitrogens with zero attached hydrogens (tertiary/aromatic N) is 1. The molecule has 1 aliphatic heterocycles. The van der Waals surface area contributed by atoms with Crippen LogP contribution in [0.3, 0.4) is 0 Å². The number of halogens is 2. The van der Waals surface area contributed by atoms with Crippen LogP contribution in [0.5, 0.6) is 0 Å². The Hall–Kier alpha value is -3.13. The Morgan fingerprint density at radius 2 is 1.93 bits per heavy atom. The van der Waals surface area contributed by atoms with Gasteiger partial charge in [-0.3, -0.25) is 14.5 Å². The first kappa shape index (κ1) is 18.2. The van der Waals surface area contributed by atoms with E-state index < -0.39 is 17.0 Å². The fraction of sp³-hybridized carbons (Fsp3) is 0.100. The molecule has 0 unspecified atom stereocenters. The molecule has 0 spiro atoms. The third-order valence-electron chi connectivity index (χ3n) is 4.24. The molecule has 1 N–H and O–H groups in total. The van der Waals surface area contributed by atoms with Crippen molar-refractivity contribution in [3.8, 4) is 0 Å². The van der Waals surface area contributed by atoms with Crippen molar-refractivity contribution >= 4 is 35.0 Å². The Bertz CT molecular complexity index is 1020. The van der Waals surface area contributed by atoms with Crippen LogP contribution in [-0.2, 0) is 4.79 Å². The van der Waals surface area contributed by atoms with Crippen molar-refractivity contribution in [1.82, 2.24) is 0 Å². The van der Waals surface area contributed by atoms with Crippen molar-refractivity contribution in [2.24, 2.45) is 0 Å². The average molecular weight is 400 g/mol. The van der Waals surface area contributed by atoms with Crippen molar-refractivity contribution in [1.29, 1.82) is 0 Å². The van der Waals surface area contributed by atoms with E-state index in [9.17, 15) is 18.4 Å². The van der Waals surface area contributed by atoms with E-state index in [1.807, 2.05) is 0 Å². The number of hydrogen-bond acceptors (Lipinski definition) is 4. The Kier molecular flexibility index (Phi) is 4.87. The Balaban J connectivity index is 1.56. The second-order valence-corrected chi connectivity index (χ2v) is 7.14. The van der Waals surface area contributed by atoms with Crippen LogP contribution in [0.4, 0.5) is 20.2 Å². The van der Waals surface area contributed by atoms with Gasteiger partial charge in [0.1, 0.15) is 17.0 Å². The maximum atomic E-state index is 14.2. The number of hydrogen-bond donors (Lipinski definition) is 1. The molecule has 2 heterocycles. The first-order chi connectivity index (χ1) is 13.5. The highest BCUT2D eigenvalue weighted by atomic mass is 32.2. The molecule has 3 aromatic rings. The molecule has 1 fully saturated rings. The topological polar surface area (TPSA) is 62.6 Å². The highest BCUT2D eigenvalue weighted by Gasteiger charge is 2.35. The summed E-state index contributed by atoms with van der Waals surface area (Å²) in [5.74, 6) is -1.73. The molecule has 1 saturated heterocycles. The van der Waals surface area contributed by atoms with Gasteiger partial charge in [-0.25, -0.2) is 8.78 Å². The van der Waals surface area contributed by atoms with Gasteiger partial charge in [-0.2, -0.15) is 0 Å². The van der Waals surface area contributed by atoms with E-state index >= 15 is 0 Å². The summed E-state index contributed by atoms with van der Waals surface area (Å²) in [6, 6.07) is 13.2. The maximum absolute atomic E-state index is 14.2. The van der Waals surface area contributed by atoms with Crippen LogP contribution in [0.2, 0.25) is 0 Å². The molecule has 8 heteroatoms. The van der Waals surface area contributed by atoms with E-state index in [1.54, 1.807) is 36.4 Å². The van der Waals surface area contributed by atoms with Gasteiger partial charge < -0.3 is 9.73 Å². The smallest absolute Gasteiger partial charge is 0.291 e. The molecular formula is C20H14F2N2O3S. The molecule has 2 amide bonds. The molecule has 1 atom stereocenters. The fourth-order valence-corrected chi connectivity index (χ4v) is 4.11. The Labute approximate surface area is 163 Å². The summed E-state index contributed by atoms with van der Waals surface area (Å²) in [7, 11) is 0. The Morgan fingerprint density at radius 1 is 1.14 bits per heavy atom. The first-order valence-corrected chi connectivity index (χ1v) is 9.41. The van der Waals surface area contributed by atoms with E-state index in [-0.39, 0.29) is 29.0 Å². The van der Waals surface area contributed by atoms with Crippen LogP contribution >= 0.6 is 11.8 Å². The number of nitrogens with one attached hydrogen (secondary N) is 1. The zero-order valence-corrected chi connectivity index (χ0v) is 15.2.